The number of rotatable bonds is 4. The summed E-state index contributed by atoms with van der Waals surface area (Å²) in [4.78, 5) is 27.1. The number of carbonyl (C=O) groups excluding carboxylic acids is 2. The SMILES string of the molecule is CC(=O)c1oc2ccccc2c1NC(=O)C(C)N1CCOc2ccccc2C1. The van der Waals surface area contributed by atoms with Gasteiger partial charge in [0, 0.05) is 31.0 Å². The van der Waals surface area contributed by atoms with Gasteiger partial charge in [0.15, 0.2) is 11.5 Å². The van der Waals surface area contributed by atoms with Crippen molar-refractivity contribution in [1.82, 2.24) is 4.90 Å². The first-order valence-electron chi connectivity index (χ1n) is 9.32. The van der Waals surface area contributed by atoms with Crippen LogP contribution in [-0.4, -0.2) is 35.8 Å². The highest BCUT2D eigenvalue weighted by molar-refractivity contribution is 6.11. The van der Waals surface area contributed by atoms with Crippen LogP contribution in [0.4, 0.5) is 5.69 Å². The van der Waals surface area contributed by atoms with Crippen molar-refractivity contribution < 1.29 is 18.7 Å². The molecule has 0 aliphatic carbocycles. The number of anilines is 1. The van der Waals surface area contributed by atoms with Gasteiger partial charge in [-0.05, 0) is 25.1 Å². The fourth-order valence-electron chi connectivity index (χ4n) is 3.49. The zero-order valence-corrected chi connectivity index (χ0v) is 15.9. The molecular weight excluding hydrogens is 356 g/mol. The summed E-state index contributed by atoms with van der Waals surface area (Å²) in [5.41, 5.74) is 2.07. The van der Waals surface area contributed by atoms with E-state index in [4.69, 9.17) is 9.15 Å². The van der Waals surface area contributed by atoms with Crippen LogP contribution >= 0.6 is 0 Å². The number of para-hydroxylation sites is 2. The van der Waals surface area contributed by atoms with Crippen molar-refractivity contribution >= 4 is 28.3 Å². The van der Waals surface area contributed by atoms with E-state index in [0.717, 1.165) is 16.7 Å². The van der Waals surface area contributed by atoms with Gasteiger partial charge in [-0.25, -0.2) is 0 Å². The van der Waals surface area contributed by atoms with Gasteiger partial charge >= 0.3 is 0 Å². The Labute approximate surface area is 163 Å². The highest BCUT2D eigenvalue weighted by atomic mass is 16.5. The van der Waals surface area contributed by atoms with E-state index in [1.165, 1.54) is 6.92 Å². The van der Waals surface area contributed by atoms with Gasteiger partial charge in [-0.15, -0.1) is 0 Å². The molecule has 2 heterocycles. The highest BCUT2D eigenvalue weighted by Crippen LogP contribution is 2.31. The van der Waals surface area contributed by atoms with Crippen LogP contribution in [0, 0.1) is 0 Å². The van der Waals surface area contributed by atoms with Crippen LogP contribution in [0.2, 0.25) is 0 Å². The molecule has 6 heteroatoms. The van der Waals surface area contributed by atoms with Gasteiger partial charge in [-0.3, -0.25) is 14.5 Å². The van der Waals surface area contributed by atoms with Gasteiger partial charge < -0.3 is 14.5 Å². The van der Waals surface area contributed by atoms with Crippen LogP contribution < -0.4 is 10.1 Å². The summed E-state index contributed by atoms with van der Waals surface area (Å²) in [6, 6.07) is 14.8. The lowest BCUT2D eigenvalue weighted by atomic mass is 10.1. The third kappa shape index (κ3) is 3.39. The van der Waals surface area contributed by atoms with E-state index in [-0.39, 0.29) is 17.5 Å². The van der Waals surface area contributed by atoms with Crippen molar-refractivity contribution in [2.24, 2.45) is 0 Å². The second kappa shape index (κ2) is 7.48. The van der Waals surface area contributed by atoms with Gasteiger partial charge in [0.1, 0.15) is 17.9 Å². The van der Waals surface area contributed by atoms with Crippen LogP contribution in [0.5, 0.6) is 5.75 Å². The van der Waals surface area contributed by atoms with Gasteiger partial charge in [-0.1, -0.05) is 30.3 Å². The maximum Gasteiger partial charge on any atom is 0.241 e. The molecule has 0 saturated heterocycles. The minimum absolute atomic E-state index is 0.172. The number of Topliss-reactive ketones (excluding diaryl/α,β-unsaturated/α-hetero) is 1. The van der Waals surface area contributed by atoms with Crippen molar-refractivity contribution in [3.63, 3.8) is 0 Å². The average molecular weight is 378 g/mol. The topological polar surface area (TPSA) is 71.8 Å². The summed E-state index contributed by atoms with van der Waals surface area (Å²) >= 11 is 0. The molecule has 28 heavy (non-hydrogen) atoms. The summed E-state index contributed by atoms with van der Waals surface area (Å²) < 4.78 is 11.4. The summed E-state index contributed by atoms with van der Waals surface area (Å²) in [7, 11) is 0. The molecule has 4 rings (SSSR count). The quantitative estimate of drug-likeness (QED) is 0.698. The van der Waals surface area contributed by atoms with Crippen LogP contribution in [0.3, 0.4) is 0 Å². The van der Waals surface area contributed by atoms with Crippen molar-refractivity contribution in [1.29, 1.82) is 0 Å². The summed E-state index contributed by atoms with van der Waals surface area (Å²) in [5.74, 6) is 0.619. The predicted molar refractivity (Wildman–Crippen MR) is 107 cm³/mol. The first-order chi connectivity index (χ1) is 13.5. The molecular formula is C22H22N2O4. The molecule has 2 aromatic carbocycles. The maximum atomic E-state index is 13.0. The third-order valence-corrected chi connectivity index (χ3v) is 5.07. The second-order valence-electron chi connectivity index (χ2n) is 6.95. The van der Waals surface area contributed by atoms with Crippen molar-refractivity contribution in [3.05, 3.63) is 59.9 Å². The number of hydrogen-bond donors (Lipinski definition) is 1. The van der Waals surface area contributed by atoms with Crippen LogP contribution in [0.25, 0.3) is 11.0 Å². The molecule has 3 aromatic rings. The molecule has 1 aliphatic rings. The Morgan fingerprint density at radius 1 is 1.11 bits per heavy atom. The summed E-state index contributed by atoms with van der Waals surface area (Å²) in [6.45, 7) is 5.06. The number of nitrogens with zero attached hydrogens (tertiary/aromatic N) is 1. The molecule has 0 fully saturated rings. The third-order valence-electron chi connectivity index (χ3n) is 5.07. The van der Waals surface area contributed by atoms with Gasteiger partial charge in [0.05, 0.1) is 11.7 Å². The van der Waals surface area contributed by atoms with E-state index >= 15 is 0 Å². The Morgan fingerprint density at radius 3 is 2.68 bits per heavy atom. The number of nitrogens with one attached hydrogen (secondary N) is 1. The molecule has 144 valence electrons. The first kappa shape index (κ1) is 18.3. The Hall–Kier alpha value is -3.12. The number of ketones is 1. The van der Waals surface area contributed by atoms with Crippen molar-refractivity contribution in [2.45, 2.75) is 26.4 Å². The fraction of sp³-hybridized carbons (Fsp3) is 0.273. The molecule has 0 saturated carbocycles. The van der Waals surface area contributed by atoms with E-state index in [0.29, 0.717) is 31.0 Å². The molecule has 6 nitrogen and oxygen atoms in total. The van der Waals surface area contributed by atoms with Gasteiger partial charge in [0.25, 0.3) is 0 Å². The Kier molecular flexibility index (Phi) is 4.88. The molecule has 1 amide bonds. The van der Waals surface area contributed by atoms with E-state index in [9.17, 15) is 9.59 Å². The Morgan fingerprint density at radius 2 is 1.86 bits per heavy atom. The Bertz CT molecular complexity index is 1040. The summed E-state index contributed by atoms with van der Waals surface area (Å²) in [6.07, 6.45) is 0. The monoisotopic (exact) mass is 378 g/mol. The molecule has 1 N–H and O–H groups in total. The zero-order valence-electron chi connectivity index (χ0n) is 15.9. The van der Waals surface area contributed by atoms with Crippen molar-refractivity contribution in [3.8, 4) is 5.75 Å². The normalized spacial score (nSPS) is 15.4. The second-order valence-corrected chi connectivity index (χ2v) is 6.95. The van der Waals surface area contributed by atoms with E-state index < -0.39 is 6.04 Å². The van der Waals surface area contributed by atoms with E-state index in [1.54, 1.807) is 6.07 Å². The first-order valence-corrected chi connectivity index (χ1v) is 9.32. The number of benzene rings is 2. The summed E-state index contributed by atoms with van der Waals surface area (Å²) in [5, 5.41) is 3.64. The number of furan rings is 1. The molecule has 0 spiro atoms. The highest BCUT2D eigenvalue weighted by Gasteiger charge is 2.27. The molecule has 1 aliphatic heterocycles. The van der Waals surface area contributed by atoms with Gasteiger partial charge in [0.2, 0.25) is 5.91 Å². The lowest BCUT2D eigenvalue weighted by Crippen LogP contribution is -2.42. The van der Waals surface area contributed by atoms with Crippen molar-refractivity contribution in [2.75, 3.05) is 18.5 Å². The number of hydrogen-bond acceptors (Lipinski definition) is 5. The zero-order chi connectivity index (χ0) is 19.7. The molecule has 0 radical (unpaired) electrons. The number of fused-ring (bicyclic) bond motifs is 2. The minimum atomic E-state index is -0.400. The molecule has 1 unspecified atom stereocenters. The van der Waals surface area contributed by atoms with Crippen LogP contribution in [0.1, 0.15) is 30.0 Å². The maximum absolute atomic E-state index is 13.0. The van der Waals surface area contributed by atoms with Crippen LogP contribution in [0.15, 0.2) is 52.9 Å². The number of ether oxygens (including phenoxy) is 1. The molecule has 1 atom stereocenters. The van der Waals surface area contributed by atoms with E-state index in [2.05, 4.69) is 10.2 Å². The molecule has 1 aromatic heterocycles. The Balaban J connectivity index is 1.58. The largest absolute Gasteiger partial charge is 0.492 e. The van der Waals surface area contributed by atoms with Gasteiger partial charge in [-0.2, -0.15) is 0 Å². The van der Waals surface area contributed by atoms with E-state index in [1.807, 2.05) is 49.4 Å². The number of carbonyl (C=O) groups is 2. The fourth-order valence-corrected chi connectivity index (χ4v) is 3.49. The predicted octanol–water partition coefficient (Wildman–Crippen LogP) is 3.86. The average Bonchev–Trinajstić information content (AvgIpc) is 2.92. The van der Waals surface area contributed by atoms with Crippen LogP contribution in [-0.2, 0) is 11.3 Å². The lowest BCUT2D eigenvalue weighted by molar-refractivity contribution is -0.121. The number of amides is 1. The minimum Gasteiger partial charge on any atom is -0.492 e. The standard InChI is InChI=1S/C22H22N2O4/c1-14(24-11-12-27-18-9-5-3-7-16(18)13-24)22(26)23-20-17-8-4-6-10-19(17)28-21(20)15(2)25/h3-10,14H,11-13H2,1-2H3,(H,23,26). The smallest absolute Gasteiger partial charge is 0.241 e. The lowest BCUT2D eigenvalue weighted by Gasteiger charge is -2.26. The molecule has 0 bridgehead atoms.